The molecule has 0 fully saturated rings. The zero-order chi connectivity index (χ0) is 11.5. The van der Waals surface area contributed by atoms with E-state index < -0.39 is 0 Å². The number of aryl methyl sites for hydroxylation is 1. The predicted molar refractivity (Wildman–Crippen MR) is 57.2 cm³/mol. The molecule has 1 aromatic heterocycles. The van der Waals surface area contributed by atoms with E-state index in [0.717, 1.165) is 5.56 Å². The van der Waals surface area contributed by atoms with Crippen molar-refractivity contribution in [3.63, 3.8) is 0 Å². The summed E-state index contributed by atoms with van der Waals surface area (Å²) >= 11 is 0. The van der Waals surface area contributed by atoms with Crippen LogP contribution in [0.1, 0.15) is 11.4 Å². The Bertz CT molecular complexity index is 475. The number of nitrogens with two attached hydrogens (primary N) is 1. The van der Waals surface area contributed by atoms with Crippen LogP contribution in [0.4, 0.5) is 4.39 Å². The van der Waals surface area contributed by atoms with Gasteiger partial charge in [-0.2, -0.15) is 4.98 Å². The fourth-order valence-electron chi connectivity index (χ4n) is 1.46. The minimum atomic E-state index is -0.312. The second kappa shape index (κ2) is 4.40. The summed E-state index contributed by atoms with van der Waals surface area (Å²) < 4.78 is 18.2. The average Bonchev–Trinajstić information content (AvgIpc) is 2.65. The fraction of sp³-hybridized carbons (Fsp3) is 0.273. The molecule has 0 saturated carbocycles. The number of hydrogen-bond acceptors (Lipinski definition) is 4. The van der Waals surface area contributed by atoms with E-state index in [-0.39, 0.29) is 5.82 Å². The molecule has 1 aromatic carbocycles. The van der Waals surface area contributed by atoms with E-state index in [2.05, 4.69) is 10.1 Å². The van der Waals surface area contributed by atoms with E-state index in [1.807, 2.05) is 6.92 Å². The van der Waals surface area contributed by atoms with Gasteiger partial charge in [0.25, 0.3) is 5.89 Å². The molecule has 1 heterocycles. The summed E-state index contributed by atoms with van der Waals surface area (Å²) in [5, 5.41) is 3.75. The van der Waals surface area contributed by atoms with Crippen LogP contribution >= 0.6 is 0 Å². The number of aromatic nitrogens is 2. The maximum atomic E-state index is 13.2. The number of nitrogens with zero attached hydrogens (tertiary/aromatic N) is 2. The van der Waals surface area contributed by atoms with Crippen molar-refractivity contribution in [3.8, 4) is 11.5 Å². The van der Waals surface area contributed by atoms with Crippen molar-refractivity contribution >= 4 is 0 Å². The van der Waals surface area contributed by atoms with Gasteiger partial charge in [0.1, 0.15) is 5.82 Å². The third-order valence-corrected chi connectivity index (χ3v) is 2.13. The Balaban J connectivity index is 2.34. The van der Waals surface area contributed by atoms with E-state index >= 15 is 0 Å². The summed E-state index contributed by atoms with van der Waals surface area (Å²) in [6, 6.07) is 4.61. The smallest absolute Gasteiger partial charge is 0.258 e. The lowest BCUT2D eigenvalue weighted by Gasteiger charge is -1.97. The second-order valence-corrected chi connectivity index (χ2v) is 3.57. The third kappa shape index (κ3) is 2.25. The van der Waals surface area contributed by atoms with E-state index in [1.54, 1.807) is 6.07 Å². The van der Waals surface area contributed by atoms with Gasteiger partial charge in [-0.15, -0.1) is 0 Å². The van der Waals surface area contributed by atoms with Crippen molar-refractivity contribution < 1.29 is 8.91 Å². The van der Waals surface area contributed by atoms with Crippen LogP contribution in [-0.2, 0) is 6.42 Å². The van der Waals surface area contributed by atoms with Crippen LogP contribution in [0.15, 0.2) is 22.7 Å². The topological polar surface area (TPSA) is 64.9 Å². The second-order valence-electron chi connectivity index (χ2n) is 3.57. The molecule has 0 bridgehead atoms. The van der Waals surface area contributed by atoms with Crippen LogP contribution in [0.3, 0.4) is 0 Å². The molecule has 0 radical (unpaired) electrons. The number of halogens is 1. The maximum absolute atomic E-state index is 13.2. The van der Waals surface area contributed by atoms with Crippen molar-refractivity contribution in [1.29, 1.82) is 0 Å². The van der Waals surface area contributed by atoms with Gasteiger partial charge in [0.2, 0.25) is 0 Å². The van der Waals surface area contributed by atoms with Crippen LogP contribution in [0.25, 0.3) is 11.5 Å². The van der Waals surface area contributed by atoms with Gasteiger partial charge in [-0.1, -0.05) is 5.16 Å². The first-order valence-electron chi connectivity index (χ1n) is 4.99. The highest BCUT2D eigenvalue weighted by Crippen LogP contribution is 2.20. The Kier molecular flexibility index (Phi) is 2.96. The molecule has 2 rings (SSSR count). The highest BCUT2D eigenvalue weighted by molar-refractivity contribution is 5.54. The summed E-state index contributed by atoms with van der Waals surface area (Å²) in [4.78, 5) is 4.13. The minimum absolute atomic E-state index is 0.312. The van der Waals surface area contributed by atoms with Crippen LogP contribution in [0, 0.1) is 12.7 Å². The first kappa shape index (κ1) is 10.8. The number of benzene rings is 1. The quantitative estimate of drug-likeness (QED) is 0.856. The summed E-state index contributed by atoms with van der Waals surface area (Å²) in [5.41, 5.74) is 6.78. The molecule has 2 aromatic rings. The molecule has 0 saturated heterocycles. The summed E-state index contributed by atoms with van der Waals surface area (Å²) in [5.74, 6) is 0.555. The SMILES string of the molecule is Cc1cc(F)cc(-c2nc(CCN)no2)c1. The standard InChI is InChI=1S/C11H12FN3O/c1-7-4-8(6-9(12)5-7)11-14-10(2-3-13)15-16-11/h4-6H,2-3,13H2,1H3. The molecule has 0 unspecified atom stereocenters. The van der Waals surface area contributed by atoms with E-state index in [0.29, 0.717) is 30.2 Å². The Morgan fingerprint density at radius 3 is 2.88 bits per heavy atom. The Morgan fingerprint density at radius 2 is 2.19 bits per heavy atom. The summed E-state index contributed by atoms with van der Waals surface area (Å²) in [6.07, 6.45) is 0.553. The normalized spacial score (nSPS) is 10.7. The molecule has 84 valence electrons. The van der Waals surface area contributed by atoms with Crippen LogP contribution in [0.2, 0.25) is 0 Å². The lowest BCUT2D eigenvalue weighted by Crippen LogP contribution is -2.03. The number of rotatable bonds is 3. The van der Waals surface area contributed by atoms with Gasteiger partial charge < -0.3 is 10.3 Å². The van der Waals surface area contributed by atoms with Crippen molar-refractivity contribution in [2.45, 2.75) is 13.3 Å². The van der Waals surface area contributed by atoms with Crippen molar-refractivity contribution in [3.05, 3.63) is 35.4 Å². The zero-order valence-electron chi connectivity index (χ0n) is 8.90. The average molecular weight is 221 g/mol. The van der Waals surface area contributed by atoms with Gasteiger partial charge in [0, 0.05) is 12.0 Å². The number of hydrogen-bond donors (Lipinski definition) is 1. The van der Waals surface area contributed by atoms with E-state index in [4.69, 9.17) is 10.3 Å². The van der Waals surface area contributed by atoms with Gasteiger partial charge in [-0.05, 0) is 37.2 Å². The van der Waals surface area contributed by atoms with Gasteiger partial charge in [0.15, 0.2) is 5.82 Å². The monoisotopic (exact) mass is 221 g/mol. The molecule has 16 heavy (non-hydrogen) atoms. The first-order valence-corrected chi connectivity index (χ1v) is 4.99. The van der Waals surface area contributed by atoms with Crippen LogP contribution in [-0.4, -0.2) is 16.7 Å². The lowest BCUT2D eigenvalue weighted by atomic mass is 10.1. The molecule has 2 N–H and O–H groups in total. The molecule has 0 atom stereocenters. The van der Waals surface area contributed by atoms with Crippen LogP contribution < -0.4 is 5.73 Å². The van der Waals surface area contributed by atoms with E-state index in [9.17, 15) is 4.39 Å². The van der Waals surface area contributed by atoms with Crippen LogP contribution in [0.5, 0.6) is 0 Å². The molecular weight excluding hydrogens is 209 g/mol. The van der Waals surface area contributed by atoms with Crippen molar-refractivity contribution in [1.82, 2.24) is 10.1 Å². The van der Waals surface area contributed by atoms with Crippen molar-refractivity contribution in [2.24, 2.45) is 5.73 Å². The molecule has 0 spiro atoms. The first-order chi connectivity index (χ1) is 7.69. The van der Waals surface area contributed by atoms with E-state index in [1.165, 1.54) is 12.1 Å². The predicted octanol–water partition coefficient (Wildman–Crippen LogP) is 1.69. The van der Waals surface area contributed by atoms with Gasteiger partial charge in [0.05, 0.1) is 0 Å². The Hall–Kier alpha value is -1.75. The molecule has 4 nitrogen and oxygen atoms in total. The molecule has 0 amide bonds. The Morgan fingerprint density at radius 1 is 1.38 bits per heavy atom. The third-order valence-electron chi connectivity index (χ3n) is 2.13. The summed E-state index contributed by atoms with van der Waals surface area (Å²) in [7, 11) is 0. The summed E-state index contributed by atoms with van der Waals surface area (Å²) in [6.45, 7) is 2.27. The molecule has 0 aliphatic rings. The fourth-order valence-corrected chi connectivity index (χ4v) is 1.46. The maximum Gasteiger partial charge on any atom is 0.258 e. The van der Waals surface area contributed by atoms with Gasteiger partial charge in [-0.3, -0.25) is 0 Å². The molecule has 5 heteroatoms. The minimum Gasteiger partial charge on any atom is -0.334 e. The highest BCUT2D eigenvalue weighted by atomic mass is 19.1. The highest BCUT2D eigenvalue weighted by Gasteiger charge is 2.09. The Labute approximate surface area is 92.3 Å². The van der Waals surface area contributed by atoms with Gasteiger partial charge >= 0.3 is 0 Å². The zero-order valence-corrected chi connectivity index (χ0v) is 8.90. The lowest BCUT2D eigenvalue weighted by molar-refractivity contribution is 0.422. The largest absolute Gasteiger partial charge is 0.334 e. The molecule has 0 aliphatic carbocycles. The van der Waals surface area contributed by atoms with Gasteiger partial charge in [-0.25, -0.2) is 4.39 Å². The molecule has 0 aliphatic heterocycles. The molecular formula is C11H12FN3O. The van der Waals surface area contributed by atoms with Crippen molar-refractivity contribution in [2.75, 3.05) is 6.54 Å².